The number of nitriles is 1. The van der Waals surface area contributed by atoms with Crippen LogP contribution < -0.4 is 10.2 Å². The number of sulfonamides is 1. The van der Waals surface area contributed by atoms with Gasteiger partial charge in [0.25, 0.3) is 5.91 Å². The number of nitrogens with zero attached hydrogens (tertiary/aromatic N) is 3. The largest absolute Gasteiger partial charge is 0.370 e. The molecule has 4 rings (SSSR count). The molecule has 2 aliphatic rings. The normalized spacial score (nSPS) is 17.5. The van der Waals surface area contributed by atoms with E-state index in [9.17, 15) is 13.2 Å². The van der Waals surface area contributed by atoms with Crippen molar-refractivity contribution in [3.8, 4) is 6.07 Å². The van der Waals surface area contributed by atoms with E-state index in [-0.39, 0.29) is 10.8 Å². The highest BCUT2D eigenvalue weighted by Gasteiger charge is 2.27. The quantitative estimate of drug-likeness (QED) is 0.741. The van der Waals surface area contributed by atoms with Crippen LogP contribution in [0.2, 0.25) is 0 Å². The summed E-state index contributed by atoms with van der Waals surface area (Å²) < 4.78 is 28.0. The van der Waals surface area contributed by atoms with Crippen LogP contribution in [0, 0.1) is 11.3 Å². The van der Waals surface area contributed by atoms with E-state index < -0.39 is 10.0 Å². The summed E-state index contributed by atoms with van der Waals surface area (Å²) in [6, 6.07) is 13.6. The Hall–Kier alpha value is -2.89. The molecule has 7 nitrogen and oxygen atoms in total. The minimum Gasteiger partial charge on any atom is -0.370 e. The predicted molar refractivity (Wildman–Crippen MR) is 124 cm³/mol. The summed E-state index contributed by atoms with van der Waals surface area (Å²) in [6.45, 7) is 2.79. The standard InChI is InChI=1S/C24H28N4O3S/c25-18-19-8-7-9-20(16-19)24(29)26-22-17-21(32(30,31)28-14-5-2-6-15-28)10-11-23(22)27-12-3-1-4-13-27/h7-11,16-17H,1-6,12-15H2,(H,26,29). The summed E-state index contributed by atoms with van der Waals surface area (Å²) >= 11 is 0. The van der Waals surface area contributed by atoms with Crippen molar-refractivity contribution in [1.82, 2.24) is 4.31 Å². The van der Waals surface area contributed by atoms with Crippen molar-refractivity contribution in [3.05, 3.63) is 53.6 Å². The average molecular weight is 453 g/mol. The van der Waals surface area contributed by atoms with Gasteiger partial charge < -0.3 is 10.2 Å². The number of carbonyl (C=O) groups excluding carboxylic acids is 1. The lowest BCUT2D eigenvalue weighted by Crippen LogP contribution is -2.35. The summed E-state index contributed by atoms with van der Waals surface area (Å²) in [5, 5.41) is 12.1. The Morgan fingerprint density at radius 2 is 1.59 bits per heavy atom. The van der Waals surface area contributed by atoms with Crippen LogP contribution in [0.3, 0.4) is 0 Å². The highest BCUT2D eigenvalue weighted by atomic mass is 32.2. The lowest BCUT2D eigenvalue weighted by Gasteiger charge is -2.31. The minimum atomic E-state index is -3.62. The first-order valence-electron chi connectivity index (χ1n) is 11.2. The molecule has 2 aliphatic heterocycles. The smallest absolute Gasteiger partial charge is 0.255 e. The van der Waals surface area contributed by atoms with Gasteiger partial charge >= 0.3 is 0 Å². The van der Waals surface area contributed by atoms with Crippen LogP contribution in [-0.4, -0.2) is 44.8 Å². The number of hydrogen-bond acceptors (Lipinski definition) is 5. The molecule has 0 radical (unpaired) electrons. The topological polar surface area (TPSA) is 93.5 Å². The molecular formula is C24H28N4O3S. The first-order chi connectivity index (χ1) is 15.5. The Labute approximate surface area is 189 Å². The Morgan fingerprint density at radius 3 is 2.28 bits per heavy atom. The molecular weight excluding hydrogens is 424 g/mol. The Kier molecular flexibility index (Phi) is 6.77. The first kappa shape index (κ1) is 22.3. The van der Waals surface area contributed by atoms with E-state index in [2.05, 4.69) is 10.2 Å². The van der Waals surface area contributed by atoms with Gasteiger partial charge in [0.1, 0.15) is 0 Å². The van der Waals surface area contributed by atoms with Gasteiger partial charge in [0, 0.05) is 31.7 Å². The summed E-state index contributed by atoms with van der Waals surface area (Å²) in [6.07, 6.45) is 6.06. The van der Waals surface area contributed by atoms with Gasteiger partial charge in [0.15, 0.2) is 0 Å². The highest BCUT2D eigenvalue weighted by Crippen LogP contribution is 2.33. The molecule has 0 aliphatic carbocycles. The zero-order chi connectivity index (χ0) is 22.6. The molecule has 2 aromatic rings. The lowest BCUT2D eigenvalue weighted by atomic mass is 10.1. The van der Waals surface area contributed by atoms with Gasteiger partial charge in [0.2, 0.25) is 10.0 Å². The van der Waals surface area contributed by atoms with Gasteiger partial charge in [-0.3, -0.25) is 4.79 Å². The summed E-state index contributed by atoms with van der Waals surface area (Å²) in [5.74, 6) is -0.368. The molecule has 168 valence electrons. The van der Waals surface area contributed by atoms with Gasteiger partial charge in [-0.05, 0) is 68.5 Å². The molecule has 0 unspecified atom stereocenters. The number of anilines is 2. The zero-order valence-electron chi connectivity index (χ0n) is 18.1. The molecule has 32 heavy (non-hydrogen) atoms. The van der Waals surface area contributed by atoms with Crippen LogP contribution >= 0.6 is 0 Å². The van der Waals surface area contributed by atoms with E-state index in [0.717, 1.165) is 50.9 Å². The lowest BCUT2D eigenvalue weighted by molar-refractivity contribution is 0.102. The molecule has 0 atom stereocenters. The number of amides is 1. The van der Waals surface area contributed by atoms with E-state index in [1.807, 2.05) is 12.1 Å². The third-order valence-electron chi connectivity index (χ3n) is 6.12. The monoisotopic (exact) mass is 452 g/mol. The molecule has 8 heteroatoms. The fourth-order valence-corrected chi connectivity index (χ4v) is 5.91. The Balaban J connectivity index is 1.69. The average Bonchev–Trinajstić information content (AvgIpc) is 2.85. The fraction of sp³-hybridized carbons (Fsp3) is 0.417. The summed E-state index contributed by atoms with van der Waals surface area (Å²) in [7, 11) is -3.62. The van der Waals surface area contributed by atoms with Crippen molar-refractivity contribution < 1.29 is 13.2 Å². The van der Waals surface area contributed by atoms with Gasteiger partial charge in [-0.25, -0.2) is 8.42 Å². The van der Waals surface area contributed by atoms with Crippen molar-refractivity contribution in [1.29, 1.82) is 5.26 Å². The molecule has 0 bridgehead atoms. The molecule has 2 fully saturated rings. The van der Waals surface area contributed by atoms with Crippen LogP contribution in [-0.2, 0) is 10.0 Å². The van der Waals surface area contributed by atoms with Crippen molar-refractivity contribution in [2.75, 3.05) is 36.4 Å². The van der Waals surface area contributed by atoms with Crippen molar-refractivity contribution in [2.45, 2.75) is 43.4 Å². The van der Waals surface area contributed by atoms with Gasteiger partial charge in [-0.2, -0.15) is 9.57 Å². The van der Waals surface area contributed by atoms with Gasteiger partial charge in [0.05, 0.1) is 27.9 Å². The van der Waals surface area contributed by atoms with Crippen LogP contribution in [0.4, 0.5) is 11.4 Å². The van der Waals surface area contributed by atoms with E-state index in [1.165, 1.54) is 16.8 Å². The Bertz CT molecular complexity index is 1130. The highest BCUT2D eigenvalue weighted by molar-refractivity contribution is 7.89. The molecule has 1 N–H and O–H groups in total. The maximum Gasteiger partial charge on any atom is 0.255 e. The second-order valence-corrected chi connectivity index (χ2v) is 10.3. The molecule has 1 amide bonds. The van der Waals surface area contributed by atoms with Crippen LogP contribution in [0.1, 0.15) is 54.4 Å². The fourth-order valence-electron chi connectivity index (χ4n) is 4.37. The zero-order valence-corrected chi connectivity index (χ0v) is 18.9. The van der Waals surface area contributed by atoms with E-state index in [4.69, 9.17) is 5.26 Å². The van der Waals surface area contributed by atoms with Crippen LogP contribution in [0.25, 0.3) is 0 Å². The van der Waals surface area contributed by atoms with Crippen LogP contribution in [0.5, 0.6) is 0 Å². The predicted octanol–water partition coefficient (Wildman–Crippen LogP) is 3.98. The van der Waals surface area contributed by atoms with Crippen molar-refractivity contribution in [2.24, 2.45) is 0 Å². The molecule has 0 spiro atoms. The molecule has 0 aromatic heterocycles. The first-order valence-corrected chi connectivity index (χ1v) is 12.6. The van der Waals surface area contributed by atoms with E-state index in [1.54, 1.807) is 30.3 Å². The van der Waals surface area contributed by atoms with Crippen LogP contribution in [0.15, 0.2) is 47.4 Å². The number of piperidine rings is 2. The van der Waals surface area contributed by atoms with Gasteiger partial charge in [-0.15, -0.1) is 0 Å². The summed E-state index contributed by atoms with van der Waals surface area (Å²) in [5.41, 5.74) is 2.07. The number of nitrogens with one attached hydrogen (secondary N) is 1. The third kappa shape index (κ3) is 4.79. The van der Waals surface area contributed by atoms with Gasteiger partial charge in [-0.1, -0.05) is 12.5 Å². The maximum atomic E-state index is 13.2. The number of carbonyl (C=O) groups is 1. The maximum absolute atomic E-state index is 13.2. The minimum absolute atomic E-state index is 0.196. The van der Waals surface area contributed by atoms with E-state index in [0.29, 0.717) is 29.9 Å². The number of rotatable bonds is 5. The second kappa shape index (κ2) is 9.72. The van der Waals surface area contributed by atoms with Crippen molar-refractivity contribution >= 4 is 27.3 Å². The second-order valence-electron chi connectivity index (χ2n) is 8.34. The van der Waals surface area contributed by atoms with E-state index >= 15 is 0 Å². The molecule has 2 saturated heterocycles. The molecule has 0 saturated carbocycles. The number of hydrogen-bond donors (Lipinski definition) is 1. The molecule has 2 heterocycles. The third-order valence-corrected chi connectivity index (χ3v) is 8.01. The number of benzene rings is 2. The SMILES string of the molecule is N#Cc1cccc(C(=O)Nc2cc(S(=O)(=O)N3CCCCC3)ccc2N2CCCCC2)c1. The Morgan fingerprint density at radius 1 is 0.906 bits per heavy atom. The van der Waals surface area contributed by atoms with Crippen molar-refractivity contribution in [3.63, 3.8) is 0 Å². The molecule has 2 aromatic carbocycles. The summed E-state index contributed by atoms with van der Waals surface area (Å²) in [4.78, 5) is 15.4.